The molecular weight excluding hydrogens is 464 g/mol. The van der Waals surface area contributed by atoms with Crippen LogP contribution in [0.1, 0.15) is 23.6 Å². The molecule has 12 heteroatoms. The Bertz CT molecular complexity index is 1260. The van der Waals surface area contributed by atoms with E-state index in [1.54, 1.807) is 12.1 Å². The zero-order valence-electron chi connectivity index (χ0n) is 18.7. The van der Waals surface area contributed by atoms with Gasteiger partial charge in [0.2, 0.25) is 10.0 Å². The summed E-state index contributed by atoms with van der Waals surface area (Å²) in [5, 5.41) is 7.19. The Labute approximate surface area is 196 Å². The standard InChI is InChI=1S/C22H24N4O7S/c1-13-4-7-16(10-14(13)2)24-18(27)12-33-19(28)11-23-34(31,32)17-8-5-15(6-9-17)22(3)20(29)25-21(30)26-22/h4-10,23H,11-12H2,1-3H3,(H,24,27)(H2,25,26,29,30)/t22-/m1/s1. The molecule has 0 saturated carbocycles. The SMILES string of the molecule is Cc1ccc(NC(=O)COC(=O)CNS(=O)(=O)c2ccc([C@@]3(C)NC(=O)NC3=O)cc2)cc1C. The second-order valence-electron chi connectivity index (χ2n) is 7.89. The van der Waals surface area contributed by atoms with Gasteiger partial charge in [-0.15, -0.1) is 0 Å². The van der Waals surface area contributed by atoms with Gasteiger partial charge >= 0.3 is 12.0 Å². The number of nitrogens with one attached hydrogen (secondary N) is 4. The van der Waals surface area contributed by atoms with Crippen LogP contribution < -0.4 is 20.7 Å². The first kappa shape index (κ1) is 24.9. The number of carbonyl (C=O) groups is 4. The number of amides is 4. The highest BCUT2D eigenvalue weighted by Crippen LogP contribution is 2.25. The molecule has 4 amide bonds. The van der Waals surface area contributed by atoms with Gasteiger partial charge in [-0.3, -0.25) is 19.7 Å². The number of urea groups is 1. The minimum Gasteiger partial charge on any atom is -0.455 e. The number of sulfonamides is 1. The number of ether oxygens (including phenoxy) is 1. The number of rotatable bonds is 8. The third-order valence-electron chi connectivity index (χ3n) is 5.35. The molecule has 2 aromatic rings. The summed E-state index contributed by atoms with van der Waals surface area (Å²) in [6.07, 6.45) is 0. The topological polar surface area (TPSA) is 160 Å². The maximum absolute atomic E-state index is 12.5. The van der Waals surface area contributed by atoms with Crippen LogP contribution in [-0.4, -0.2) is 45.4 Å². The Balaban J connectivity index is 1.51. The van der Waals surface area contributed by atoms with Gasteiger partial charge in [0.25, 0.3) is 11.8 Å². The molecule has 34 heavy (non-hydrogen) atoms. The molecule has 1 aliphatic heterocycles. The van der Waals surface area contributed by atoms with E-state index in [-0.39, 0.29) is 4.90 Å². The van der Waals surface area contributed by atoms with Crippen molar-refractivity contribution in [1.29, 1.82) is 0 Å². The second kappa shape index (κ2) is 9.61. The summed E-state index contributed by atoms with van der Waals surface area (Å²) in [6, 6.07) is 9.94. The van der Waals surface area contributed by atoms with E-state index in [0.717, 1.165) is 11.1 Å². The highest BCUT2D eigenvalue weighted by Gasteiger charge is 2.43. The van der Waals surface area contributed by atoms with Gasteiger partial charge in [-0.05, 0) is 61.7 Å². The van der Waals surface area contributed by atoms with E-state index in [1.807, 2.05) is 19.9 Å². The van der Waals surface area contributed by atoms with E-state index in [1.165, 1.54) is 31.2 Å². The minimum absolute atomic E-state index is 0.162. The number of benzene rings is 2. The lowest BCUT2D eigenvalue weighted by Gasteiger charge is -2.21. The van der Waals surface area contributed by atoms with Crippen molar-refractivity contribution >= 4 is 39.5 Å². The van der Waals surface area contributed by atoms with Crippen LogP contribution in [0.3, 0.4) is 0 Å². The summed E-state index contributed by atoms with van der Waals surface area (Å²) in [5.41, 5.74) is 1.66. The molecule has 0 radical (unpaired) electrons. The lowest BCUT2D eigenvalue weighted by Crippen LogP contribution is -2.40. The minimum atomic E-state index is -4.07. The van der Waals surface area contributed by atoms with Gasteiger partial charge in [-0.25, -0.2) is 13.2 Å². The lowest BCUT2D eigenvalue weighted by atomic mass is 9.92. The maximum atomic E-state index is 12.5. The van der Waals surface area contributed by atoms with Crippen LogP contribution in [0.25, 0.3) is 0 Å². The third-order valence-corrected chi connectivity index (χ3v) is 6.77. The van der Waals surface area contributed by atoms with Crippen molar-refractivity contribution in [3.8, 4) is 0 Å². The first-order valence-corrected chi connectivity index (χ1v) is 11.7. The van der Waals surface area contributed by atoms with Crippen molar-refractivity contribution in [2.75, 3.05) is 18.5 Å². The van der Waals surface area contributed by atoms with E-state index in [0.29, 0.717) is 11.3 Å². The zero-order chi connectivity index (χ0) is 25.1. The third kappa shape index (κ3) is 5.58. The van der Waals surface area contributed by atoms with Crippen LogP contribution in [-0.2, 0) is 34.7 Å². The summed E-state index contributed by atoms with van der Waals surface area (Å²) in [7, 11) is -4.07. The molecule has 180 valence electrons. The largest absolute Gasteiger partial charge is 0.455 e. The molecule has 3 rings (SSSR count). The van der Waals surface area contributed by atoms with Gasteiger partial charge in [0.15, 0.2) is 6.61 Å². The smallest absolute Gasteiger partial charge is 0.322 e. The monoisotopic (exact) mass is 488 g/mol. The summed E-state index contributed by atoms with van der Waals surface area (Å²) in [4.78, 5) is 47.1. The second-order valence-corrected chi connectivity index (χ2v) is 9.66. The molecule has 1 aliphatic rings. The number of hydrogen-bond acceptors (Lipinski definition) is 7. The van der Waals surface area contributed by atoms with Crippen LogP contribution in [0.15, 0.2) is 47.4 Å². The van der Waals surface area contributed by atoms with Crippen LogP contribution in [0.2, 0.25) is 0 Å². The number of esters is 1. The van der Waals surface area contributed by atoms with E-state index >= 15 is 0 Å². The summed E-state index contributed by atoms with van der Waals surface area (Å²) in [6.45, 7) is 4.06. The molecule has 2 aromatic carbocycles. The molecule has 1 atom stereocenters. The van der Waals surface area contributed by atoms with Crippen molar-refractivity contribution in [3.63, 3.8) is 0 Å². The fourth-order valence-corrected chi connectivity index (χ4v) is 4.13. The number of aryl methyl sites for hydroxylation is 2. The van der Waals surface area contributed by atoms with Gasteiger partial charge in [-0.2, -0.15) is 4.72 Å². The Kier molecular flexibility index (Phi) is 7.03. The summed E-state index contributed by atoms with van der Waals surface area (Å²) >= 11 is 0. The molecule has 1 heterocycles. The van der Waals surface area contributed by atoms with Gasteiger partial charge in [0, 0.05) is 5.69 Å². The van der Waals surface area contributed by atoms with Crippen LogP contribution in [0.5, 0.6) is 0 Å². The average Bonchev–Trinajstić information content (AvgIpc) is 3.05. The van der Waals surface area contributed by atoms with Crippen molar-refractivity contribution in [1.82, 2.24) is 15.4 Å². The molecule has 0 spiro atoms. The van der Waals surface area contributed by atoms with Crippen molar-refractivity contribution in [2.45, 2.75) is 31.2 Å². The number of carbonyl (C=O) groups excluding carboxylic acids is 4. The Hall–Kier alpha value is -3.77. The summed E-state index contributed by atoms with van der Waals surface area (Å²) < 4.78 is 31.8. The van der Waals surface area contributed by atoms with E-state index in [2.05, 4.69) is 20.7 Å². The van der Waals surface area contributed by atoms with Crippen molar-refractivity contribution < 1.29 is 32.3 Å². The van der Waals surface area contributed by atoms with E-state index < -0.39 is 52.5 Å². The van der Waals surface area contributed by atoms with Gasteiger partial charge in [0.05, 0.1) is 4.90 Å². The maximum Gasteiger partial charge on any atom is 0.322 e. The van der Waals surface area contributed by atoms with Crippen LogP contribution in [0, 0.1) is 13.8 Å². The fourth-order valence-electron chi connectivity index (χ4n) is 3.16. The van der Waals surface area contributed by atoms with E-state index in [9.17, 15) is 27.6 Å². The first-order valence-electron chi connectivity index (χ1n) is 10.2. The predicted molar refractivity (Wildman–Crippen MR) is 121 cm³/mol. The van der Waals surface area contributed by atoms with Gasteiger partial charge in [0.1, 0.15) is 12.1 Å². The Morgan fingerprint density at radius 1 is 1.03 bits per heavy atom. The number of hydrogen-bond donors (Lipinski definition) is 4. The Morgan fingerprint density at radius 3 is 2.29 bits per heavy atom. The fraction of sp³-hybridized carbons (Fsp3) is 0.273. The highest BCUT2D eigenvalue weighted by molar-refractivity contribution is 7.89. The van der Waals surface area contributed by atoms with Gasteiger partial charge < -0.3 is 15.4 Å². The quantitative estimate of drug-likeness (QED) is 0.316. The molecular formula is C22H24N4O7S. The number of anilines is 1. The first-order chi connectivity index (χ1) is 15.9. The predicted octanol–water partition coefficient (Wildman–Crippen LogP) is 0.818. The Morgan fingerprint density at radius 2 is 1.71 bits per heavy atom. The molecule has 11 nitrogen and oxygen atoms in total. The number of imide groups is 1. The molecule has 1 fully saturated rings. The van der Waals surface area contributed by atoms with Gasteiger partial charge in [-0.1, -0.05) is 18.2 Å². The lowest BCUT2D eigenvalue weighted by molar-refractivity contribution is -0.146. The van der Waals surface area contributed by atoms with E-state index in [4.69, 9.17) is 4.74 Å². The molecule has 1 saturated heterocycles. The molecule has 4 N–H and O–H groups in total. The van der Waals surface area contributed by atoms with Crippen LogP contribution >= 0.6 is 0 Å². The molecule has 0 aromatic heterocycles. The molecule has 0 aliphatic carbocycles. The summed E-state index contributed by atoms with van der Waals surface area (Å²) in [5.74, 6) is -2.06. The zero-order valence-corrected chi connectivity index (χ0v) is 19.5. The highest BCUT2D eigenvalue weighted by atomic mass is 32.2. The molecule has 0 unspecified atom stereocenters. The van der Waals surface area contributed by atoms with Crippen molar-refractivity contribution in [3.05, 3.63) is 59.2 Å². The van der Waals surface area contributed by atoms with Crippen molar-refractivity contribution in [2.24, 2.45) is 0 Å². The average molecular weight is 489 g/mol. The van der Waals surface area contributed by atoms with Crippen LogP contribution in [0.4, 0.5) is 10.5 Å². The normalized spacial score (nSPS) is 17.6. The molecule has 0 bridgehead atoms.